The molecule has 0 fully saturated rings. The van der Waals surface area contributed by atoms with Crippen molar-refractivity contribution in [1.82, 2.24) is 9.97 Å². The number of benzene rings is 2. The van der Waals surface area contributed by atoms with Crippen molar-refractivity contribution in [2.75, 3.05) is 6.61 Å². The summed E-state index contributed by atoms with van der Waals surface area (Å²) in [6.07, 6.45) is 3.75. The molecular formula is C24H18N2O4. The SMILES string of the molecule is O=C(c1ncc(-c2ccccn2)o1)[C@@H]1COc2cc(Oc3ccccc3)ccc2C1. The summed E-state index contributed by atoms with van der Waals surface area (Å²) in [5.41, 5.74) is 1.59. The Balaban J connectivity index is 1.30. The highest BCUT2D eigenvalue weighted by atomic mass is 16.5. The summed E-state index contributed by atoms with van der Waals surface area (Å²) >= 11 is 0. The molecule has 1 atom stereocenters. The van der Waals surface area contributed by atoms with Crippen LogP contribution in [-0.2, 0) is 6.42 Å². The number of carbonyl (C=O) groups excluding carboxylic acids is 1. The summed E-state index contributed by atoms with van der Waals surface area (Å²) in [6, 6.07) is 20.7. The molecule has 30 heavy (non-hydrogen) atoms. The molecule has 0 radical (unpaired) electrons. The van der Waals surface area contributed by atoms with Gasteiger partial charge in [-0.1, -0.05) is 30.3 Å². The van der Waals surface area contributed by atoms with Crippen LogP contribution in [0.2, 0.25) is 0 Å². The molecule has 2 aromatic carbocycles. The van der Waals surface area contributed by atoms with Crippen molar-refractivity contribution >= 4 is 5.78 Å². The maximum atomic E-state index is 12.9. The molecular weight excluding hydrogens is 380 g/mol. The van der Waals surface area contributed by atoms with E-state index in [1.807, 2.05) is 66.7 Å². The van der Waals surface area contributed by atoms with Gasteiger partial charge in [0.15, 0.2) is 5.76 Å². The Morgan fingerprint density at radius 3 is 2.67 bits per heavy atom. The van der Waals surface area contributed by atoms with E-state index in [1.165, 1.54) is 6.20 Å². The first-order valence-corrected chi connectivity index (χ1v) is 9.66. The lowest BCUT2D eigenvalue weighted by Gasteiger charge is -2.24. The summed E-state index contributed by atoms with van der Waals surface area (Å²) in [4.78, 5) is 21.3. The molecule has 0 spiro atoms. The van der Waals surface area contributed by atoms with Crippen molar-refractivity contribution in [2.45, 2.75) is 6.42 Å². The van der Waals surface area contributed by atoms with Gasteiger partial charge in [-0.2, -0.15) is 0 Å². The van der Waals surface area contributed by atoms with Crippen molar-refractivity contribution in [2.24, 2.45) is 5.92 Å². The number of para-hydroxylation sites is 1. The smallest absolute Gasteiger partial charge is 0.264 e. The number of Topliss-reactive ketones (excluding diaryl/α,β-unsaturated/α-hetero) is 1. The van der Waals surface area contributed by atoms with Crippen molar-refractivity contribution in [1.29, 1.82) is 0 Å². The molecule has 6 heteroatoms. The van der Waals surface area contributed by atoms with Gasteiger partial charge in [-0.25, -0.2) is 4.98 Å². The van der Waals surface area contributed by atoms with Crippen LogP contribution in [0.25, 0.3) is 11.5 Å². The number of carbonyl (C=O) groups is 1. The van der Waals surface area contributed by atoms with Gasteiger partial charge >= 0.3 is 0 Å². The summed E-state index contributed by atoms with van der Waals surface area (Å²) in [5, 5.41) is 0. The molecule has 0 bridgehead atoms. The van der Waals surface area contributed by atoms with E-state index >= 15 is 0 Å². The molecule has 0 N–H and O–H groups in total. The normalized spacial score (nSPS) is 15.1. The summed E-state index contributed by atoms with van der Waals surface area (Å²) in [6.45, 7) is 0.266. The lowest BCUT2D eigenvalue weighted by atomic mass is 9.93. The van der Waals surface area contributed by atoms with Crippen LogP contribution in [-0.4, -0.2) is 22.4 Å². The van der Waals surface area contributed by atoms with Crippen LogP contribution < -0.4 is 9.47 Å². The maximum Gasteiger partial charge on any atom is 0.264 e. The van der Waals surface area contributed by atoms with E-state index in [0.717, 1.165) is 17.1 Å². The van der Waals surface area contributed by atoms with Crippen molar-refractivity contribution in [3.05, 3.63) is 90.6 Å². The van der Waals surface area contributed by atoms with Crippen molar-refractivity contribution in [3.63, 3.8) is 0 Å². The molecule has 1 aliphatic rings. The van der Waals surface area contributed by atoms with Gasteiger partial charge < -0.3 is 13.9 Å². The van der Waals surface area contributed by atoms with Crippen LogP contribution in [0.1, 0.15) is 16.2 Å². The third kappa shape index (κ3) is 3.67. The van der Waals surface area contributed by atoms with Crippen LogP contribution in [0, 0.1) is 5.92 Å². The van der Waals surface area contributed by atoms with E-state index in [0.29, 0.717) is 23.6 Å². The van der Waals surface area contributed by atoms with Gasteiger partial charge in [-0.3, -0.25) is 9.78 Å². The van der Waals surface area contributed by atoms with Crippen molar-refractivity contribution < 1.29 is 18.7 Å². The predicted molar refractivity (Wildman–Crippen MR) is 110 cm³/mol. The summed E-state index contributed by atoms with van der Waals surface area (Å²) in [7, 11) is 0. The monoisotopic (exact) mass is 398 g/mol. The second-order valence-corrected chi connectivity index (χ2v) is 7.01. The third-order valence-electron chi connectivity index (χ3n) is 4.93. The number of hydrogen-bond donors (Lipinski definition) is 0. The molecule has 2 aromatic heterocycles. The van der Waals surface area contributed by atoms with Crippen LogP contribution >= 0.6 is 0 Å². The number of nitrogens with zero attached hydrogens (tertiary/aromatic N) is 2. The molecule has 6 nitrogen and oxygen atoms in total. The van der Waals surface area contributed by atoms with Gasteiger partial charge in [0.1, 0.15) is 22.9 Å². The first kappa shape index (κ1) is 18.1. The molecule has 0 saturated carbocycles. The van der Waals surface area contributed by atoms with Crippen LogP contribution in [0.4, 0.5) is 0 Å². The number of ketones is 1. The molecule has 148 valence electrons. The van der Waals surface area contributed by atoms with Gasteiger partial charge in [-0.05, 0) is 42.3 Å². The van der Waals surface area contributed by atoms with Crippen LogP contribution in [0.5, 0.6) is 17.2 Å². The van der Waals surface area contributed by atoms with Gasteiger partial charge in [0.05, 0.1) is 18.7 Å². The number of fused-ring (bicyclic) bond motifs is 1. The fraction of sp³-hybridized carbons (Fsp3) is 0.125. The zero-order chi connectivity index (χ0) is 20.3. The highest BCUT2D eigenvalue weighted by Crippen LogP contribution is 2.34. The standard InChI is InChI=1S/C24H18N2O4/c27-23(24-26-14-22(30-24)20-8-4-5-11-25-20)17-12-16-9-10-19(13-21(16)28-15-17)29-18-6-2-1-3-7-18/h1-11,13-14,17H,12,15H2/t17-/m0/s1. The molecule has 1 aliphatic heterocycles. The van der Waals surface area contributed by atoms with E-state index in [2.05, 4.69) is 9.97 Å². The average molecular weight is 398 g/mol. The zero-order valence-corrected chi connectivity index (χ0v) is 16.0. The van der Waals surface area contributed by atoms with E-state index in [-0.39, 0.29) is 24.2 Å². The summed E-state index contributed by atoms with van der Waals surface area (Å²) in [5.74, 6) is 2.21. The first-order chi connectivity index (χ1) is 14.8. The minimum atomic E-state index is -0.353. The zero-order valence-electron chi connectivity index (χ0n) is 16.0. The second kappa shape index (κ2) is 7.83. The minimum absolute atomic E-state index is 0.0803. The highest BCUT2D eigenvalue weighted by molar-refractivity contribution is 5.94. The quantitative estimate of drug-likeness (QED) is 0.442. The molecule has 4 aromatic rings. The third-order valence-corrected chi connectivity index (χ3v) is 4.93. The molecule has 0 unspecified atom stereocenters. The largest absolute Gasteiger partial charge is 0.492 e. The van der Waals surface area contributed by atoms with Crippen molar-refractivity contribution in [3.8, 4) is 28.7 Å². The van der Waals surface area contributed by atoms with E-state index in [4.69, 9.17) is 13.9 Å². The topological polar surface area (TPSA) is 74.5 Å². The number of aromatic nitrogens is 2. The van der Waals surface area contributed by atoms with Gasteiger partial charge in [0, 0.05) is 12.3 Å². The molecule has 0 saturated heterocycles. The predicted octanol–water partition coefficient (Wildman–Crippen LogP) is 4.96. The number of ether oxygens (including phenoxy) is 2. The van der Waals surface area contributed by atoms with Gasteiger partial charge in [0.25, 0.3) is 5.89 Å². The maximum absolute atomic E-state index is 12.9. The fourth-order valence-corrected chi connectivity index (χ4v) is 3.40. The Morgan fingerprint density at radius 1 is 0.967 bits per heavy atom. The van der Waals surface area contributed by atoms with E-state index in [1.54, 1.807) is 6.20 Å². The first-order valence-electron chi connectivity index (χ1n) is 9.66. The summed E-state index contributed by atoms with van der Waals surface area (Å²) < 4.78 is 17.4. The Kier molecular flexibility index (Phi) is 4.73. The minimum Gasteiger partial charge on any atom is -0.492 e. The molecule has 0 aliphatic carbocycles. The number of oxazole rings is 1. The Hall–Kier alpha value is -3.93. The molecule has 0 amide bonds. The van der Waals surface area contributed by atoms with E-state index < -0.39 is 0 Å². The highest BCUT2D eigenvalue weighted by Gasteiger charge is 2.30. The Morgan fingerprint density at radius 2 is 1.83 bits per heavy atom. The van der Waals surface area contributed by atoms with Gasteiger partial charge in [-0.15, -0.1) is 0 Å². The fourth-order valence-electron chi connectivity index (χ4n) is 3.40. The lowest BCUT2D eigenvalue weighted by Crippen LogP contribution is -2.28. The van der Waals surface area contributed by atoms with Crippen LogP contribution in [0.3, 0.4) is 0 Å². The molecule has 5 rings (SSSR count). The van der Waals surface area contributed by atoms with Crippen LogP contribution in [0.15, 0.2) is 83.5 Å². The molecule has 3 heterocycles. The lowest BCUT2D eigenvalue weighted by molar-refractivity contribution is 0.0819. The number of rotatable bonds is 5. The second-order valence-electron chi connectivity index (χ2n) is 7.01. The number of hydrogen-bond acceptors (Lipinski definition) is 6. The van der Waals surface area contributed by atoms with E-state index in [9.17, 15) is 4.79 Å². The Bertz CT molecular complexity index is 1170. The average Bonchev–Trinajstić information content (AvgIpc) is 3.30. The number of pyridine rings is 1. The van der Waals surface area contributed by atoms with Gasteiger partial charge in [0.2, 0.25) is 5.78 Å². The Labute approximate surface area is 173 Å².